The van der Waals surface area contributed by atoms with E-state index in [0.717, 1.165) is 18.0 Å². The number of hydrogen-bond acceptors (Lipinski definition) is 6. The average molecular weight is 401 g/mol. The Hall–Kier alpha value is -2.60. The third-order valence-corrected chi connectivity index (χ3v) is 6.56. The normalized spacial score (nSPS) is 15.7. The van der Waals surface area contributed by atoms with Crippen LogP contribution in [0.1, 0.15) is 5.56 Å². The standard InChI is InChI=1S/C20H23N3O4S/c1-26-18-5-7-19(8-6-18)27-14-13-22-9-11-23(12-10-22)28(24,25)20-4-2-3-17(15-20)16-21/h2-8,15H,9-14H2,1H3. The van der Waals surface area contributed by atoms with Crippen molar-refractivity contribution in [2.24, 2.45) is 0 Å². The third-order valence-electron chi connectivity index (χ3n) is 4.67. The van der Waals surface area contributed by atoms with Crippen LogP contribution in [0.5, 0.6) is 11.5 Å². The minimum absolute atomic E-state index is 0.169. The summed E-state index contributed by atoms with van der Waals surface area (Å²) in [6, 6.07) is 15.5. The molecule has 1 heterocycles. The number of nitrogens with zero attached hydrogens (tertiary/aromatic N) is 3. The Balaban J connectivity index is 1.49. The first-order chi connectivity index (χ1) is 13.5. The van der Waals surface area contributed by atoms with Crippen LogP contribution in [0.4, 0.5) is 0 Å². The van der Waals surface area contributed by atoms with E-state index in [1.807, 2.05) is 30.3 Å². The molecule has 0 aromatic heterocycles. The maximum Gasteiger partial charge on any atom is 0.243 e. The Morgan fingerprint density at radius 1 is 1.04 bits per heavy atom. The second kappa shape index (κ2) is 9.06. The van der Waals surface area contributed by atoms with E-state index in [-0.39, 0.29) is 4.90 Å². The fraction of sp³-hybridized carbons (Fsp3) is 0.350. The summed E-state index contributed by atoms with van der Waals surface area (Å²) in [5.41, 5.74) is 0.343. The number of ether oxygens (including phenoxy) is 2. The molecule has 0 unspecified atom stereocenters. The van der Waals surface area contributed by atoms with Crippen LogP contribution in [0.3, 0.4) is 0 Å². The van der Waals surface area contributed by atoms with E-state index in [2.05, 4.69) is 4.90 Å². The Kier molecular flexibility index (Phi) is 6.52. The van der Waals surface area contributed by atoms with Crippen molar-refractivity contribution in [1.82, 2.24) is 9.21 Å². The van der Waals surface area contributed by atoms with Crippen molar-refractivity contribution in [2.45, 2.75) is 4.90 Å². The summed E-state index contributed by atoms with van der Waals surface area (Å²) in [6.07, 6.45) is 0. The van der Waals surface area contributed by atoms with Crippen LogP contribution in [0.2, 0.25) is 0 Å². The summed E-state index contributed by atoms with van der Waals surface area (Å²) >= 11 is 0. The first-order valence-corrected chi connectivity index (χ1v) is 10.5. The summed E-state index contributed by atoms with van der Waals surface area (Å²) in [5, 5.41) is 8.98. The molecule has 0 saturated carbocycles. The van der Waals surface area contributed by atoms with Gasteiger partial charge in [0.05, 0.1) is 23.6 Å². The molecule has 0 bridgehead atoms. The average Bonchev–Trinajstić information content (AvgIpc) is 2.74. The van der Waals surface area contributed by atoms with E-state index in [1.165, 1.54) is 16.4 Å². The largest absolute Gasteiger partial charge is 0.497 e. The van der Waals surface area contributed by atoms with Crippen LogP contribution < -0.4 is 9.47 Å². The van der Waals surface area contributed by atoms with Crippen LogP contribution in [-0.2, 0) is 10.0 Å². The van der Waals surface area contributed by atoms with Crippen molar-refractivity contribution < 1.29 is 17.9 Å². The molecule has 1 fully saturated rings. The molecular formula is C20H23N3O4S. The van der Waals surface area contributed by atoms with E-state index in [1.54, 1.807) is 19.2 Å². The Labute approximate surface area is 165 Å². The second-order valence-electron chi connectivity index (χ2n) is 6.41. The summed E-state index contributed by atoms with van der Waals surface area (Å²) in [4.78, 5) is 2.35. The summed E-state index contributed by atoms with van der Waals surface area (Å²) in [5.74, 6) is 1.56. The molecule has 1 aliphatic heterocycles. The predicted molar refractivity (Wildman–Crippen MR) is 105 cm³/mol. The molecule has 28 heavy (non-hydrogen) atoms. The van der Waals surface area contributed by atoms with Gasteiger partial charge in [-0.3, -0.25) is 4.90 Å². The molecule has 0 amide bonds. The van der Waals surface area contributed by atoms with Crippen LogP contribution in [0.15, 0.2) is 53.4 Å². The Morgan fingerprint density at radius 3 is 2.36 bits per heavy atom. The first-order valence-electron chi connectivity index (χ1n) is 9.02. The van der Waals surface area contributed by atoms with Crippen molar-refractivity contribution in [1.29, 1.82) is 5.26 Å². The van der Waals surface area contributed by atoms with Gasteiger partial charge in [0.25, 0.3) is 0 Å². The maximum absolute atomic E-state index is 12.8. The monoisotopic (exact) mass is 401 g/mol. The highest BCUT2D eigenvalue weighted by Gasteiger charge is 2.28. The van der Waals surface area contributed by atoms with Crippen LogP contribution in [-0.4, -0.2) is 64.1 Å². The molecule has 0 aliphatic carbocycles. The van der Waals surface area contributed by atoms with Crippen molar-refractivity contribution in [3.8, 4) is 17.6 Å². The SMILES string of the molecule is COc1ccc(OCCN2CCN(S(=O)(=O)c3cccc(C#N)c3)CC2)cc1. The van der Waals surface area contributed by atoms with Crippen molar-refractivity contribution >= 4 is 10.0 Å². The van der Waals surface area contributed by atoms with Crippen molar-refractivity contribution in [3.05, 3.63) is 54.1 Å². The van der Waals surface area contributed by atoms with Gasteiger partial charge in [-0.25, -0.2) is 8.42 Å². The van der Waals surface area contributed by atoms with Gasteiger partial charge in [-0.05, 0) is 42.5 Å². The van der Waals surface area contributed by atoms with E-state index in [4.69, 9.17) is 14.7 Å². The number of methoxy groups -OCH3 is 1. The van der Waals surface area contributed by atoms with Crippen LogP contribution in [0.25, 0.3) is 0 Å². The molecule has 2 aromatic rings. The minimum atomic E-state index is -3.58. The smallest absolute Gasteiger partial charge is 0.243 e. The van der Waals surface area contributed by atoms with Crippen LogP contribution >= 0.6 is 0 Å². The zero-order valence-electron chi connectivity index (χ0n) is 15.7. The molecule has 1 aliphatic rings. The van der Waals surface area contributed by atoms with Gasteiger partial charge in [0.2, 0.25) is 10.0 Å². The molecule has 1 saturated heterocycles. The van der Waals surface area contributed by atoms with Crippen LogP contribution in [0, 0.1) is 11.3 Å². The van der Waals surface area contributed by atoms with E-state index in [9.17, 15) is 8.42 Å². The Bertz CT molecular complexity index is 931. The second-order valence-corrected chi connectivity index (χ2v) is 8.35. The van der Waals surface area contributed by atoms with Crippen molar-refractivity contribution in [2.75, 3.05) is 46.4 Å². The van der Waals surface area contributed by atoms with Gasteiger partial charge < -0.3 is 9.47 Å². The maximum atomic E-state index is 12.8. The quantitative estimate of drug-likeness (QED) is 0.705. The topological polar surface area (TPSA) is 82.9 Å². The highest BCUT2D eigenvalue weighted by atomic mass is 32.2. The highest BCUT2D eigenvalue weighted by Crippen LogP contribution is 2.19. The lowest BCUT2D eigenvalue weighted by Gasteiger charge is -2.33. The Morgan fingerprint density at radius 2 is 1.71 bits per heavy atom. The third kappa shape index (κ3) is 4.81. The molecule has 0 N–H and O–H groups in total. The number of nitriles is 1. The summed E-state index contributed by atoms with van der Waals surface area (Å²) < 4.78 is 37.9. The zero-order chi connectivity index (χ0) is 20.0. The molecule has 148 valence electrons. The molecule has 0 atom stereocenters. The lowest BCUT2D eigenvalue weighted by molar-refractivity contribution is 0.159. The van der Waals surface area contributed by atoms with Crippen molar-refractivity contribution in [3.63, 3.8) is 0 Å². The van der Waals surface area contributed by atoms with Gasteiger partial charge in [0, 0.05) is 32.7 Å². The molecule has 8 heteroatoms. The molecule has 2 aromatic carbocycles. The predicted octanol–water partition coefficient (Wildman–Crippen LogP) is 1.95. The lowest BCUT2D eigenvalue weighted by atomic mass is 10.2. The number of hydrogen-bond donors (Lipinski definition) is 0. The van der Waals surface area contributed by atoms with E-state index >= 15 is 0 Å². The van der Waals surface area contributed by atoms with Gasteiger partial charge in [-0.15, -0.1) is 0 Å². The van der Waals surface area contributed by atoms with Gasteiger partial charge in [0.15, 0.2) is 0 Å². The molecule has 3 rings (SSSR count). The number of piperazine rings is 1. The van der Waals surface area contributed by atoms with Gasteiger partial charge in [0.1, 0.15) is 18.1 Å². The van der Waals surface area contributed by atoms with Gasteiger partial charge in [-0.1, -0.05) is 6.07 Å². The highest BCUT2D eigenvalue weighted by molar-refractivity contribution is 7.89. The van der Waals surface area contributed by atoms with Gasteiger partial charge in [-0.2, -0.15) is 9.57 Å². The van der Waals surface area contributed by atoms with Gasteiger partial charge >= 0.3 is 0 Å². The molecule has 0 radical (unpaired) electrons. The summed E-state index contributed by atoms with van der Waals surface area (Å²) in [6.45, 7) is 3.38. The molecule has 0 spiro atoms. The summed E-state index contributed by atoms with van der Waals surface area (Å²) in [7, 11) is -1.95. The molecular weight excluding hydrogens is 378 g/mol. The van der Waals surface area contributed by atoms with E-state index < -0.39 is 10.0 Å². The zero-order valence-corrected chi connectivity index (χ0v) is 16.6. The number of sulfonamides is 1. The number of rotatable bonds is 7. The van der Waals surface area contributed by atoms with E-state index in [0.29, 0.717) is 38.3 Å². The fourth-order valence-electron chi connectivity index (χ4n) is 3.03. The lowest BCUT2D eigenvalue weighted by Crippen LogP contribution is -2.49. The number of benzene rings is 2. The fourth-order valence-corrected chi connectivity index (χ4v) is 4.50. The minimum Gasteiger partial charge on any atom is -0.497 e. The molecule has 7 nitrogen and oxygen atoms in total. The first kappa shape index (κ1) is 20.1.